The minimum absolute atomic E-state index is 0.0606. The van der Waals surface area contributed by atoms with Crippen LogP contribution in [0.2, 0.25) is 0 Å². The van der Waals surface area contributed by atoms with E-state index in [1.165, 1.54) is 6.33 Å². The third-order valence-corrected chi connectivity index (χ3v) is 2.04. The van der Waals surface area contributed by atoms with Gasteiger partial charge in [-0.05, 0) is 27.2 Å². The summed E-state index contributed by atoms with van der Waals surface area (Å²) in [4.78, 5) is 18.6. The minimum Gasteiger partial charge on any atom is -0.481 e. The Kier molecular flexibility index (Phi) is 4.88. The molecule has 0 atom stereocenters. The van der Waals surface area contributed by atoms with E-state index in [2.05, 4.69) is 41.4 Å². The molecule has 0 aliphatic heterocycles. The zero-order valence-electron chi connectivity index (χ0n) is 11.0. The average molecular weight is 252 g/mol. The maximum absolute atomic E-state index is 10.4. The zero-order chi connectivity index (χ0) is 13.6. The number of hydrogen-bond acceptors (Lipinski definition) is 5. The second-order valence-corrected chi connectivity index (χ2v) is 5.09. The highest BCUT2D eigenvalue weighted by Gasteiger charge is 2.10. The van der Waals surface area contributed by atoms with Gasteiger partial charge in [0.25, 0.3) is 0 Å². The van der Waals surface area contributed by atoms with E-state index < -0.39 is 5.97 Å². The van der Waals surface area contributed by atoms with Crippen LogP contribution < -0.4 is 10.6 Å². The molecule has 0 saturated heterocycles. The molecule has 0 aliphatic carbocycles. The maximum atomic E-state index is 10.4. The topological polar surface area (TPSA) is 87.1 Å². The molecule has 6 nitrogen and oxygen atoms in total. The molecule has 6 heteroatoms. The number of rotatable bonds is 6. The number of carboxylic acids is 1. The summed E-state index contributed by atoms with van der Waals surface area (Å²) in [6.45, 7) is 6.73. The van der Waals surface area contributed by atoms with Gasteiger partial charge < -0.3 is 15.7 Å². The van der Waals surface area contributed by atoms with Crippen LogP contribution in [0.4, 0.5) is 11.6 Å². The van der Waals surface area contributed by atoms with Gasteiger partial charge in [0.05, 0.1) is 0 Å². The minimum atomic E-state index is -0.783. The molecule has 0 aromatic carbocycles. The van der Waals surface area contributed by atoms with E-state index in [-0.39, 0.29) is 12.0 Å². The van der Waals surface area contributed by atoms with Gasteiger partial charge in [-0.2, -0.15) is 0 Å². The molecule has 1 rings (SSSR count). The van der Waals surface area contributed by atoms with Gasteiger partial charge in [-0.25, -0.2) is 9.97 Å². The number of aromatic nitrogens is 2. The van der Waals surface area contributed by atoms with Crippen LogP contribution in [0.15, 0.2) is 12.4 Å². The van der Waals surface area contributed by atoms with Gasteiger partial charge in [-0.3, -0.25) is 4.79 Å². The van der Waals surface area contributed by atoms with Gasteiger partial charge in [0, 0.05) is 24.6 Å². The summed E-state index contributed by atoms with van der Waals surface area (Å²) in [5.41, 5.74) is -0.0606. The van der Waals surface area contributed by atoms with E-state index in [9.17, 15) is 4.79 Å². The Morgan fingerprint density at radius 2 is 2.00 bits per heavy atom. The fourth-order valence-electron chi connectivity index (χ4n) is 1.36. The third-order valence-electron chi connectivity index (χ3n) is 2.04. The lowest BCUT2D eigenvalue weighted by Crippen LogP contribution is -2.26. The highest BCUT2D eigenvalue weighted by atomic mass is 16.4. The molecular weight excluding hydrogens is 232 g/mol. The molecule has 0 amide bonds. The van der Waals surface area contributed by atoms with Crippen LogP contribution in [0, 0.1) is 0 Å². The van der Waals surface area contributed by atoms with Crippen LogP contribution >= 0.6 is 0 Å². The van der Waals surface area contributed by atoms with Crippen LogP contribution in [0.25, 0.3) is 0 Å². The number of hydrogen-bond donors (Lipinski definition) is 3. The molecule has 0 spiro atoms. The van der Waals surface area contributed by atoms with Crippen molar-refractivity contribution in [3.8, 4) is 0 Å². The van der Waals surface area contributed by atoms with Gasteiger partial charge in [-0.15, -0.1) is 0 Å². The summed E-state index contributed by atoms with van der Waals surface area (Å²) in [7, 11) is 0. The Morgan fingerprint density at radius 3 is 2.61 bits per heavy atom. The first-order valence-electron chi connectivity index (χ1n) is 5.93. The van der Waals surface area contributed by atoms with Gasteiger partial charge in [0.2, 0.25) is 0 Å². The van der Waals surface area contributed by atoms with Crippen molar-refractivity contribution in [3.05, 3.63) is 12.4 Å². The van der Waals surface area contributed by atoms with Crippen LogP contribution in [-0.2, 0) is 4.79 Å². The van der Waals surface area contributed by atoms with Crippen molar-refractivity contribution in [1.82, 2.24) is 9.97 Å². The van der Waals surface area contributed by atoms with E-state index in [1.54, 1.807) is 0 Å². The summed E-state index contributed by atoms with van der Waals surface area (Å²) >= 11 is 0. The molecule has 1 aromatic heterocycles. The lowest BCUT2D eigenvalue weighted by atomic mass is 10.1. The van der Waals surface area contributed by atoms with E-state index in [0.29, 0.717) is 18.8 Å². The number of nitrogens with one attached hydrogen (secondary N) is 2. The van der Waals surface area contributed by atoms with E-state index in [1.807, 2.05) is 6.07 Å². The van der Waals surface area contributed by atoms with Crippen molar-refractivity contribution in [2.24, 2.45) is 0 Å². The SMILES string of the molecule is CC(C)(C)Nc1cc(NCCCC(=O)O)ncn1. The molecule has 0 fully saturated rings. The second kappa shape index (κ2) is 6.18. The molecule has 0 radical (unpaired) electrons. The van der Waals surface area contributed by atoms with Gasteiger partial charge in [0.15, 0.2) is 0 Å². The Bertz CT molecular complexity index is 401. The summed E-state index contributed by atoms with van der Waals surface area (Å²) in [5, 5.41) is 14.8. The quantitative estimate of drug-likeness (QED) is 0.671. The number of anilines is 2. The fourth-order valence-corrected chi connectivity index (χ4v) is 1.36. The van der Waals surface area contributed by atoms with Crippen molar-refractivity contribution in [1.29, 1.82) is 0 Å². The molecule has 3 N–H and O–H groups in total. The summed E-state index contributed by atoms with van der Waals surface area (Å²) in [6.07, 6.45) is 2.21. The molecule has 0 aliphatic rings. The predicted octanol–water partition coefficient (Wildman–Crippen LogP) is 1.96. The number of aliphatic carboxylic acids is 1. The van der Waals surface area contributed by atoms with Crippen molar-refractivity contribution in [2.75, 3.05) is 17.2 Å². The zero-order valence-corrected chi connectivity index (χ0v) is 11.0. The van der Waals surface area contributed by atoms with Gasteiger partial charge in [-0.1, -0.05) is 0 Å². The number of carbonyl (C=O) groups is 1. The average Bonchev–Trinajstić information content (AvgIpc) is 2.22. The first-order chi connectivity index (χ1) is 8.37. The first kappa shape index (κ1) is 14.2. The molecule has 0 saturated carbocycles. The summed E-state index contributed by atoms with van der Waals surface area (Å²) in [5.74, 6) is 0.662. The largest absolute Gasteiger partial charge is 0.481 e. The van der Waals surface area contributed by atoms with Crippen molar-refractivity contribution >= 4 is 17.6 Å². The normalized spacial score (nSPS) is 11.1. The number of nitrogens with zero attached hydrogens (tertiary/aromatic N) is 2. The summed E-state index contributed by atoms with van der Waals surface area (Å²) in [6, 6.07) is 1.81. The molecule has 1 heterocycles. The van der Waals surface area contributed by atoms with E-state index >= 15 is 0 Å². The number of carboxylic acid groups (broad SMARTS) is 1. The lowest BCUT2D eigenvalue weighted by molar-refractivity contribution is -0.137. The monoisotopic (exact) mass is 252 g/mol. The molecule has 100 valence electrons. The van der Waals surface area contributed by atoms with Crippen LogP contribution in [0.5, 0.6) is 0 Å². The third kappa shape index (κ3) is 6.03. The van der Waals surface area contributed by atoms with Crippen molar-refractivity contribution < 1.29 is 9.90 Å². The van der Waals surface area contributed by atoms with Crippen LogP contribution in [0.3, 0.4) is 0 Å². The molecule has 0 bridgehead atoms. The predicted molar refractivity (Wildman–Crippen MR) is 70.8 cm³/mol. The fraction of sp³-hybridized carbons (Fsp3) is 0.583. The molecular formula is C12H20N4O2. The Balaban J connectivity index is 2.47. The molecule has 0 unspecified atom stereocenters. The molecule has 18 heavy (non-hydrogen) atoms. The highest BCUT2D eigenvalue weighted by molar-refractivity contribution is 5.66. The Morgan fingerprint density at radius 1 is 1.33 bits per heavy atom. The van der Waals surface area contributed by atoms with Crippen LogP contribution in [-0.4, -0.2) is 33.1 Å². The van der Waals surface area contributed by atoms with Gasteiger partial charge in [0.1, 0.15) is 18.0 Å². The standard InChI is InChI=1S/C12H20N4O2/c1-12(2,3)16-10-7-9(14-8-15-10)13-6-4-5-11(17)18/h7-8H,4-6H2,1-3H3,(H,17,18)(H2,13,14,15,16). The Hall–Kier alpha value is -1.85. The van der Waals surface area contributed by atoms with E-state index in [0.717, 1.165) is 5.82 Å². The highest BCUT2D eigenvalue weighted by Crippen LogP contribution is 2.14. The lowest BCUT2D eigenvalue weighted by Gasteiger charge is -2.21. The van der Waals surface area contributed by atoms with E-state index in [4.69, 9.17) is 5.11 Å². The first-order valence-corrected chi connectivity index (χ1v) is 5.93. The van der Waals surface area contributed by atoms with Gasteiger partial charge >= 0.3 is 5.97 Å². The second-order valence-electron chi connectivity index (χ2n) is 5.09. The van der Waals surface area contributed by atoms with Crippen molar-refractivity contribution in [3.63, 3.8) is 0 Å². The molecule has 1 aromatic rings. The Labute approximate surface area is 107 Å². The maximum Gasteiger partial charge on any atom is 0.303 e. The smallest absolute Gasteiger partial charge is 0.303 e. The summed E-state index contributed by atoms with van der Waals surface area (Å²) < 4.78 is 0. The van der Waals surface area contributed by atoms with Crippen LogP contribution in [0.1, 0.15) is 33.6 Å². The van der Waals surface area contributed by atoms with Crippen molar-refractivity contribution in [2.45, 2.75) is 39.2 Å².